The molecule has 0 radical (unpaired) electrons. The molecule has 0 fully saturated rings. The van der Waals surface area contributed by atoms with E-state index in [-0.39, 0.29) is 17.7 Å². The van der Waals surface area contributed by atoms with Crippen molar-refractivity contribution in [1.82, 2.24) is 5.32 Å². The Morgan fingerprint density at radius 3 is 2.58 bits per heavy atom. The lowest BCUT2D eigenvalue weighted by atomic mass is 9.97. The number of carbonyl (C=O) groups excluding carboxylic acids is 1. The van der Waals surface area contributed by atoms with Crippen molar-refractivity contribution in [2.75, 3.05) is 0 Å². The van der Waals surface area contributed by atoms with Crippen LogP contribution in [-0.4, -0.2) is 27.6 Å². The predicted molar refractivity (Wildman–Crippen MR) is 79.2 cm³/mol. The lowest BCUT2D eigenvalue weighted by molar-refractivity contribution is -0.137. The van der Waals surface area contributed by atoms with E-state index in [4.69, 9.17) is 5.11 Å². The van der Waals surface area contributed by atoms with Crippen LogP contribution in [0.4, 0.5) is 0 Å². The standard InChI is InChI=1S/C13H16INO4/c1-13(2,6-5-11(17)18)15-12(19)9-7-8(14)3-4-10(9)16/h3-4,7,16H,5-6H2,1-2H3,(H,15,19)(H,17,18). The molecule has 0 spiro atoms. The zero-order valence-electron chi connectivity index (χ0n) is 10.7. The maximum atomic E-state index is 12.1. The van der Waals surface area contributed by atoms with E-state index < -0.39 is 17.4 Å². The quantitative estimate of drug-likeness (QED) is 0.688. The van der Waals surface area contributed by atoms with Gasteiger partial charge in [0.2, 0.25) is 0 Å². The van der Waals surface area contributed by atoms with E-state index in [0.29, 0.717) is 6.42 Å². The SMILES string of the molecule is CC(C)(CCC(=O)O)NC(=O)c1cc(I)ccc1O. The molecule has 5 nitrogen and oxygen atoms in total. The normalized spacial score (nSPS) is 11.1. The van der Waals surface area contributed by atoms with Crippen LogP contribution >= 0.6 is 22.6 Å². The maximum Gasteiger partial charge on any atom is 0.303 e. The average Bonchev–Trinajstić information content (AvgIpc) is 2.29. The number of carboxylic acid groups (broad SMARTS) is 1. The van der Waals surface area contributed by atoms with E-state index in [1.54, 1.807) is 26.0 Å². The van der Waals surface area contributed by atoms with Gasteiger partial charge in [-0.25, -0.2) is 0 Å². The topological polar surface area (TPSA) is 86.6 Å². The Morgan fingerprint density at radius 2 is 2.00 bits per heavy atom. The number of benzene rings is 1. The number of aromatic hydroxyl groups is 1. The first-order chi connectivity index (χ1) is 8.71. The number of phenolic OH excluding ortho intramolecular Hbond substituents is 1. The summed E-state index contributed by atoms with van der Waals surface area (Å²) in [7, 11) is 0. The van der Waals surface area contributed by atoms with Gasteiger partial charge >= 0.3 is 5.97 Å². The highest BCUT2D eigenvalue weighted by molar-refractivity contribution is 14.1. The second kappa shape index (κ2) is 6.23. The Kier molecular flexibility index (Phi) is 5.16. The average molecular weight is 377 g/mol. The summed E-state index contributed by atoms with van der Waals surface area (Å²) in [5.41, 5.74) is -0.460. The van der Waals surface area contributed by atoms with Crippen LogP contribution in [0.5, 0.6) is 5.75 Å². The van der Waals surface area contributed by atoms with Crippen LogP contribution in [-0.2, 0) is 4.79 Å². The van der Waals surface area contributed by atoms with E-state index in [9.17, 15) is 14.7 Å². The highest BCUT2D eigenvalue weighted by atomic mass is 127. The molecule has 1 amide bonds. The van der Waals surface area contributed by atoms with Crippen molar-refractivity contribution in [3.05, 3.63) is 27.3 Å². The smallest absolute Gasteiger partial charge is 0.303 e. The van der Waals surface area contributed by atoms with Gasteiger partial charge in [-0.2, -0.15) is 0 Å². The fourth-order valence-electron chi connectivity index (χ4n) is 1.55. The molecular formula is C13H16INO4. The Morgan fingerprint density at radius 1 is 1.37 bits per heavy atom. The third-order valence-electron chi connectivity index (χ3n) is 2.62. The van der Waals surface area contributed by atoms with Crippen molar-refractivity contribution in [2.24, 2.45) is 0 Å². The molecule has 1 rings (SSSR count). The minimum atomic E-state index is -0.903. The zero-order valence-corrected chi connectivity index (χ0v) is 12.9. The minimum absolute atomic E-state index is 0.0222. The lowest BCUT2D eigenvalue weighted by Crippen LogP contribution is -2.43. The summed E-state index contributed by atoms with van der Waals surface area (Å²) < 4.78 is 0.837. The molecule has 19 heavy (non-hydrogen) atoms. The van der Waals surface area contributed by atoms with Crippen LogP contribution in [0.3, 0.4) is 0 Å². The van der Waals surface area contributed by atoms with Gasteiger partial charge in [0.15, 0.2) is 0 Å². The third-order valence-corrected chi connectivity index (χ3v) is 3.29. The van der Waals surface area contributed by atoms with Crippen LogP contribution in [0.1, 0.15) is 37.0 Å². The molecule has 0 atom stereocenters. The minimum Gasteiger partial charge on any atom is -0.507 e. The molecule has 0 aliphatic carbocycles. The summed E-state index contributed by atoms with van der Waals surface area (Å²) in [6.45, 7) is 3.50. The molecule has 1 aromatic carbocycles. The van der Waals surface area contributed by atoms with Gasteiger partial charge in [0.25, 0.3) is 5.91 Å². The first kappa shape index (κ1) is 15.7. The first-order valence-electron chi connectivity index (χ1n) is 5.74. The van der Waals surface area contributed by atoms with Crippen LogP contribution in [0, 0.1) is 3.57 Å². The molecule has 0 heterocycles. The molecule has 0 aliphatic rings. The van der Waals surface area contributed by atoms with E-state index in [0.717, 1.165) is 3.57 Å². The van der Waals surface area contributed by atoms with Crippen molar-refractivity contribution < 1.29 is 19.8 Å². The summed E-state index contributed by atoms with van der Waals surface area (Å²) >= 11 is 2.05. The lowest BCUT2D eigenvalue weighted by Gasteiger charge is -2.25. The number of hydrogen-bond donors (Lipinski definition) is 3. The fraction of sp³-hybridized carbons (Fsp3) is 0.385. The van der Waals surface area contributed by atoms with Gasteiger partial charge in [-0.1, -0.05) is 0 Å². The van der Waals surface area contributed by atoms with Crippen LogP contribution in [0.25, 0.3) is 0 Å². The largest absolute Gasteiger partial charge is 0.507 e. The molecule has 0 aromatic heterocycles. The second-order valence-electron chi connectivity index (χ2n) is 4.89. The van der Waals surface area contributed by atoms with Crippen LogP contribution in [0.2, 0.25) is 0 Å². The number of nitrogens with one attached hydrogen (secondary N) is 1. The number of carboxylic acids is 1. The number of amides is 1. The molecule has 104 valence electrons. The molecule has 3 N–H and O–H groups in total. The third kappa shape index (κ3) is 5.06. The van der Waals surface area contributed by atoms with Crippen molar-refractivity contribution >= 4 is 34.5 Å². The van der Waals surface area contributed by atoms with Gasteiger partial charge < -0.3 is 15.5 Å². The fourth-order valence-corrected chi connectivity index (χ4v) is 2.04. The molecular weight excluding hydrogens is 361 g/mol. The van der Waals surface area contributed by atoms with E-state index in [2.05, 4.69) is 5.32 Å². The Bertz CT molecular complexity index is 499. The number of hydrogen-bond acceptors (Lipinski definition) is 3. The molecule has 0 saturated carbocycles. The molecule has 0 aliphatic heterocycles. The van der Waals surface area contributed by atoms with Crippen molar-refractivity contribution in [2.45, 2.75) is 32.2 Å². The van der Waals surface area contributed by atoms with Gasteiger partial charge in [-0.05, 0) is 61.1 Å². The highest BCUT2D eigenvalue weighted by Crippen LogP contribution is 2.21. The molecule has 0 saturated heterocycles. The van der Waals surface area contributed by atoms with Crippen LogP contribution < -0.4 is 5.32 Å². The van der Waals surface area contributed by atoms with E-state index >= 15 is 0 Å². The van der Waals surface area contributed by atoms with Crippen molar-refractivity contribution in [3.8, 4) is 5.75 Å². The van der Waals surface area contributed by atoms with Gasteiger partial charge in [-0.3, -0.25) is 9.59 Å². The molecule has 1 aromatic rings. The summed E-state index contributed by atoms with van der Waals surface area (Å²) in [6.07, 6.45) is 0.296. The van der Waals surface area contributed by atoms with Gasteiger partial charge in [-0.15, -0.1) is 0 Å². The number of halogens is 1. The summed E-state index contributed by atoms with van der Waals surface area (Å²) in [4.78, 5) is 22.6. The highest BCUT2D eigenvalue weighted by Gasteiger charge is 2.23. The number of aliphatic carboxylic acids is 1. The summed E-state index contributed by atoms with van der Waals surface area (Å²) in [6, 6.07) is 4.74. The molecule has 0 unspecified atom stereocenters. The number of rotatable bonds is 5. The van der Waals surface area contributed by atoms with Crippen molar-refractivity contribution in [1.29, 1.82) is 0 Å². The maximum absolute atomic E-state index is 12.1. The monoisotopic (exact) mass is 377 g/mol. The zero-order chi connectivity index (χ0) is 14.6. The van der Waals surface area contributed by atoms with Crippen LogP contribution in [0.15, 0.2) is 18.2 Å². The van der Waals surface area contributed by atoms with Gasteiger partial charge in [0, 0.05) is 15.5 Å². The second-order valence-corrected chi connectivity index (χ2v) is 6.14. The summed E-state index contributed by atoms with van der Waals surface area (Å²) in [5, 5.41) is 21.0. The molecule has 0 bridgehead atoms. The predicted octanol–water partition coefficient (Wildman–Crippen LogP) is 2.37. The van der Waals surface area contributed by atoms with E-state index in [1.807, 2.05) is 22.6 Å². The van der Waals surface area contributed by atoms with E-state index in [1.165, 1.54) is 6.07 Å². The Balaban J connectivity index is 2.78. The molecule has 6 heteroatoms. The number of carbonyl (C=O) groups is 2. The Hall–Kier alpha value is -1.31. The first-order valence-corrected chi connectivity index (χ1v) is 6.82. The number of phenols is 1. The van der Waals surface area contributed by atoms with Gasteiger partial charge in [0.05, 0.1) is 5.56 Å². The summed E-state index contributed by atoms with van der Waals surface area (Å²) in [5.74, 6) is -1.40. The van der Waals surface area contributed by atoms with Crippen molar-refractivity contribution in [3.63, 3.8) is 0 Å². The van der Waals surface area contributed by atoms with Gasteiger partial charge in [0.1, 0.15) is 5.75 Å². The Labute approximate surface area is 125 Å².